The minimum Gasteiger partial charge on any atom is -0.373 e. The van der Waals surface area contributed by atoms with Gasteiger partial charge in [0.1, 0.15) is 17.1 Å². The van der Waals surface area contributed by atoms with Gasteiger partial charge in [-0.3, -0.25) is 4.79 Å². The average molecular weight is 297 g/mol. The molecule has 1 aliphatic heterocycles. The fourth-order valence-electron chi connectivity index (χ4n) is 2.50. The highest BCUT2D eigenvalue weighted by Gasteiger charge is 2.27. The van der Waals surface area contributed by atoms with Crippen molar-refractivity contribution in [2.45, 2.75) is 26.3 Å². The van der Waals surface area contributed by atoms with E-state index in [9.17, 15) is 10.1 Å². The van der Waals surface area contributed by atoms with Crippen molar-refractivity contribution < 1.29 is 4.79 Å². The third-order valence-corrected chi connectivity index (χ3v) is 4.94. The van der Waals surface area contributed by atoms with Crippen LogP contribution in [-0.2, 0) is 11.2 Å². The van der Waals surface area contributed by atoms with Crippen LogP contribution >= 0.6 is 11.3 Å². The van der Waals surface area contributed by atoms with Crippen LogP contribution in [0.15, 0.2) is 24.3 Å². The first-order valence-electron chi connectivity index (χ1n) is 6.75. The van der Waals surface area contributed by atoms with E-state index >= 15 is 0 Å². The number of hydrogen-bond donors (Lipinski definition) is 2. The molecular formula is C16H15N3OS. The molecule has 2 N–H and O–H groups in total. The Kier molecular flexibility index (Phi) is 3.40. The number of fused-ring (bicyclic) bond motifs is 1. The van der Waals surface area contributed by atoms with Crippen LogP contribution in [0.3, 0.4) is 0 Å². The van der Waals surface area contributed by atoms with Crippen LogP contribution < -0.4 is 10.6 Å². The number of benzene rings is 1. The number of carbonyl (C=O) groups is 1. The first-order chi connectivity index (χ1) is 10.1. The van der Waals surface area contributed by atoms with E-state index in [4.69, 9.17) is 0 Å². The monoisotopic (exact) mass is 297 g/mol. The van der Waals surface area contributed by atoms with Gasteiger partial charge < -0.3 is 10.6 Å². The molecule has 0 saturated heterocycles. The zero-order chi connectivity index (χ0) is 15.0. The van der Waals surface area contributed by atoms with E-state index in [1.54, 1.807) is 0 Å². The van der Waals surface area contributed by atoms with Gasteiger partial charge in [0, 0.05) is 17.0 Å². The zero-order valence-corrected chi connectivity index (χ0v) is 12.7. The summed E-state index contributed by atoms with van der Waals surface area (Å²) in [5.41, 5.74) is 3.68. The van der Waals surface area contributed by atoms with Gasteiger partial charge in [-0.15, -0.1) is 11.3 Å². The number of anilines is 2. The summed E-state index contributed by atoms with van der Waals surface area (Å²) in [6.07, 6.45) is 0.674. The molecule has 1 amide bonds. The molecule has 0 spiro atoms. The number of nitrogens with one attached hydrogen (secondary N) is 2. The molecule has 2 heterocycles. The van der Waals surface area contributed by atoms with Gasteiger partial charge >= 0.3 is 0 Å². The summed E-state index contributed by atoms with van der Waals surface area (Å²) in [6, 6.07) is 9.81. The predicted octanol–water partition coefficient (Wildman–Crippen LogP) is 3.21. The minimum absolute atomic E-state index is 0.0936. The van der Waals surface area contributed by atoms with E-state index in [1.807, 2.05) is 38.1 Å². The number of rotatable bonds is 2. The van der Waals surface area contributed by atoms with Crippen LogP contribution in [0.5, 0.6) is 0 Å². The normalized spacial score (nSPS) is 16.0. The summed E-state index contributed by atoms with van der Waals surface area (Å²) in [6.45, 7) is 3.86. The van der Waals surface area contributed by atoms with E-state index < -0.39 is 0 Å². The van der Waals surface area contributed by atoms with Gasteiger partial charge in [-0.05, 0) is 31.0 Å². The maximum atomic E-state index is 12.4. The maximum absolute atomic E-state index is 12.4. The third kappa shape index (κ3) is 2.39. The van der Waals surface area contributed by atoms with Crippen molar-refractivity contribution in [2.75, 3.05) is 10.6 Å². The van der Waals surface area contributed by atoms with Crippen LogP contribution in [0.4, 0.5) is 10.7 Å². The molecule has 1 unspecified atom stereocenters. The lowest BCUT2D eigenvalue weighted by Gasteiger charge is -2.11. The molecule has 0 bridgehead atoms. The molecule has 4 nitrogen and oxygen atoms in total. The molecule has 0 fully saturated rings. The molecule has 21 heavy (non-hydrogen) atoms. The summed E-state index contributed by atoms with van der Waals surface area (Å²) in [7, 11) is 0. The van der Waals surface area contributed by atoms with E-state index in [2.05, 4.69) is 16.7 Å². The molecule has 0 aliphatic carbocycles. The number of aryl methyl sites for hydroxylation is 1. The van der Waals surface area contributed by atoms with Gasteiger partial charge in [-0.25, -0.2) is 0 Å². The Hall–Kier alpha value is -2.32. The van der Waals surface area contributed by atoms with Crippen molar-refractivity contribution in [2.24, 2.45) is 0 Å². The molecule has 5 heteroatoms. The molecule has 106 valence electrons. The number of amides is 1. The predicted molar refractivity (Wildman–Crippen MR) is 84.7 cm³/mol. The quantitative estimate of drug-likeness (QED) is 0.894. The smallest absolute Gasteiger partial charge is 0.247 e. The van der Waals surface area contributed by atoms with E-state index in [0.29, 0.717) is 17.0 Å². The third-order valence-electron chi connectivity index (χ3n) is 3.82. The highest BCUT2D eigenvalue weighted by atomic mass is 32.1. The highest BCUT2D eigenvalue weighted by Crippen LogP contribution is 2.32. The number of nitrogens with zero attached hydrogens (tertiary/aromatic N) is 1. The second-order valence-corrected chi connectivity index (χ2v) is 6.37. The standard InChI is InChI=1S/C16H15N3OS/c1-9-10(2)21-16(12(9)8-17)19-15(20)14-7-11-5-3-4-6-13(11)18-14/h3-6,14,18H,7H2,1-2H3,(H,19,20). The Bertz CT molecular complexity index is 732. The van der Waals surface area contributed by atoms with Gasteiger partial charge in [0.05, 0.1) is 5.56 Å². The highest BCUT2D eigenvalue weighted by molar-refractivity contribution is 7.16. The lowest BCUT2D eigenvalue weighted by atomic mass is 10.1. The largest absolute Gasteiger partial charge is 0.373 e. The topological polar surface area (TPSA) is 64.9 Å². The van der Waals surface area contributed by atoms with E-state index in [1.165, 1.54) is 11.3 Å². The Morgan fingerprint density at radius 3 is 2.90 bits per heavy atom. The number of nitriles is 1. The lowest BCUT2D eigenvalue weighted by molar-refractivity contribution is -0.116. The number of para-hydroxylation sites is 1. The molecular weight excluding hydrogens is 282 g/mol. The molecule has 1 atom stereocenters. The molecule has 3 rings (SSSR count). The van der Waals surface area contributed by atoms with Crippen LogP contribution in [-0.4, -0.2) is 11.9 Å². The number of carbonyl (C=O) groups excluding carboxylic acids is 1. The zero-order valence-electron chi connectivity index (χ0n) is 11.9. The maximum Gasteiger partial charge on any atom is 0.247 e. The second-order valence-electron chi connectivity index (χ2n) is 5.15. The first-order valence-corrected chi connectivity index (χ1v) is 7.57. The van der Waals surface area contributed by atoms with Crippen molar-refractivity contribution in [1.29, 1.82) is 5.26 Å². The van der Waals surface area contributed by atoms with Gasteiger partial charge in [-0.2, -0.15) is 5.26 Å². The minimum atomic E-state index is -0.281. The summed E-state index contributed by atoms with van der Waals surface area (Å²) in [4.78, 5) is 13.5. The van der Waals surface area contributed by atoms with Gasteiger partial charge in [0.25, 0.3) is 0 Å². The van der Waals surface area contributed by atoms with Crippen LogP contribution in [0.1, 0.15) is 21.6 Å². The Balaban J connectivity index is 1.77. The molecule has 1 aromatic heterocycles. The average Bonchev–Trinajstić information content (AvgIpc) is 3.01. The summed E-state index contributed by atoms with van der Waals surface area (Å²) >= 11 is 1.45. The second kappa shape index (κ2) is 5.23. The van der Waals surface area contributed by atoms with Crippen LogP contribution in [0.25, 0.3) is 0 Å². The van der Waals surface area contributed by atoms with Crippen LogP contribution in [0, 0.1) is 25.2 Å². The summed E-state index contributed by atoms with van der Waals surface area (Å²) in [5.74, 6) is -0.0936. The Morgan fingerprint density at radius 1 is 1.43 bits per heavy atom. The summed E-state index contributed by atoms with van der Waals surface area (Å²) in [5, 5.41) is 16.0. The number of hydrogen-bond acceptors (Lipinski definition) is 4. The van der Waals surface area contributed by atoms with Crippen molar-refractivity contribution in [3.63, 3.8) is 0 Å². The van der Waals surface area contributed by atoms with Gasteiger partial charge in [0.2, 0.25) is 5.91 Å². The van der Waals surface area contributed by atoms with Crippen LogP contribution in [0.2, 0.25) is 0 Å². The van der Waals surface area contributed by atoms with Crippen molar-refractivity contribution in [3.8, 4) is 6.07 Å². The SMILES string of the molecule is Cc1sc(NC(=O)C2Cc3ccccc3N2)c(C#N)c1C. The van der Waals surface area contributed by atoms with Crippen molar-refractivity contribution in [3.05, 3.63) is 45.8 Å². The Labute approximate surface area is 127 Å². The number of thiophene rings is 1. The first kappa shape index (κ1) is 13.7. The van der Waals surface area contributed by atoms with Gasteiger partial charge in [-0.1, -0.05) is 18.2 Å². The van der Waals surface area contributed by atoms with Crippen molar-refractivity contribution in [1.82, 2.24) is 0 Å². The van der Waals surface area contributed by atoms with E-state index in [-0.39, 0.29) is 11.9 Å². The molecule has 1 aliphatic rings. The molecule has 1 aromatic carbocycles. The lowest BCUT2D eigenvalue weighted by Crippen LogP contribution is -2.32. The van der Waals surface area contributed by atoms with Gasteiger partial charge in [0.15, 0.2) is 0 Å². The summed E-state index contributed by atoms with van der Waals surface area (Å²) < 4.78 is 0. The fourth-order valence-corrected chi connectivity index (χ4v) is 3.52. The Morgan fingerprint density at radius 2 is 2.19 bits per heavy atom. The molecule has 0 radical (unpaired) electrons. The van der Waals surface area contributed by atoms with E-state index in [0.717, 1.165) is 21.7 Å². The molecule has 2 aromatic rings. The fraction of sp³-hybridized carbons (Fsp3) is 0.250. The van der Waals surface area contributed by atoms with Crippen molar-refractivity contribution >= 4 is 27.9 Å². The molecule has 0 saturated carbocycles.